The first kappa shape index (κ1) is 47.2. The van der Waals surface area contributed by atoms with Crippen LogP contribution in [-0.2, 0) is 25.7 Å². The molecule has 0 bridgehead atoms. The fourth-order valence-electron chi connectivity index (χ4n) is 9.26. The van der Waals surface area contributed by atoms with Crippen LogP contribution in [0.2, 0.25) is 0 Å². The van der Waals surface area contributed by atoms with E-state index in [1.807, 2.05) is 118 Å². The van der Waals surface area contributed by atoms with Crippen LogP contribution in [0.4, 0.5) is 0 Å². The maximum atomic E-state index is 14.4. The van der Waals surface area contributed by atoms with Gasteiger partial charge in [-0.15, -0.1) is 32.9 Å². The summed E-state index contributed by atoms with van der Waals surface area (Å²) in [5, 5.41) is 41.5. The number of nitrogens with one attached hydrogen (secondary N) is 2. The Morgan fingerprint density at radius 2 is 1.59 bits per heavy atom. The number of aliphatic carboxylic acids is 1. The molecule has 16 nitrogen and oxygen atoms in total. The van der Waals surface area contributed by atoms with Crippen LogP contribution in [0.25, 0.3) is 37.5 Å². The number of thiophene rings is 1. The molecule has 5 atom stereocenters. The Hall–Kier alpha value is -6.89. The van der Waals surface area contributed by atoms with E-state index < -0.39 is 47.4 Å². The van der Waals surface area contributed by atoms with Gasteiger partial charge in [0.2, 0.25) is 17.7 Å². The Balaban J connectivity index is 0.884. The van der Waals surface area contributed by atoms with Gasteiger partial charge in [-0.2, -0.15) is 5.10 Å². The number of carboxylic acids is 1. The number of carboxylic acid groups (broad SMARTS) is 1. The van der Waals surface area contributed by atoms with E-state index in [4.69, 9.17) is 4.99 Å². The number of aliphatic imine (C=N–C) groups is 1. The van der Waals surface area contributed by atoms with Gasteiger partial charge < -0.3 is 25.7 Å². The van der Waals surface area contributed by atoms with E-state index in [2.05, 4.69) is 44.8 Å². The zero-order chi connectivity index (χ0) is 49.1. The molecule has 0 radical (unpaired) electrons. The summed E-state index contributed by atoms with van der Waals surface area (Å²) in [7, 11) is 0. The van der Waals surface area contributed by atoms with Crippen LogP contribution in [-0.4, -0.2) is 98.8 Å². The average molecular weight is 967 g/mol. The lowest BCUT2D eigenvalue weighted by molar-refractivity contribution is -0.144. The molecule has 3 amide bonds. The van der Waals surface area contributed by atoms with Crippen LogP contribution in [0.5, 0.6) is 0 Å². The second kappa shape index (κ2) is 18.5. The SMILES string of the molecule is Cc1ncsc1-c1ccc([C@H](C)NC(=O)[C@@H]2C[C@@H](O)CN2C(=O)[C@@H](NC(=O)Cn2ncc3cc(-c4ccc(C5=N[C@@H](CC(=O)O)c6nnc(C)n6-c6sc(C)c(C)c65)cc4)ccc32)C(C)(C)C)cc1. The van der Waals surface area contributed by atoms with E-state index in [1.165, 1.54) is 4.90 Å². The van der Waals surface area contributed by atoms with Crippen LogP contribution in [0.3, 0.4) is 0 Å². The maximum Gasteiger partial charge on any atom is 0.306 e. The number of nitrogens with zero attached hydrogens (tertiary/aromatic N) is 8. The van der Waals surface area contributed by atoms with Gasteiger partial charge in [0.1, 0.15) is 35.5 Å². The summed E-state index contributed by atoms with van der Waals surface area (Å²) >= 11 is 3.18. The molecule has 356 valence electrons. The molecule has 0 spiro atoms. The van der Waals surface area contributed by atoms with Gasteiger partial charge in [0.05, 0.1) is 52.1 Å². The highest BCUT2D eigenvalue weighted by atomic mass is 32.1. The van der Waals surface area contributed by atoms with Crippen LogP contribution >= 0.6 is 22.7 Å². The van der Waals surface area contributed by atoms with Gasteiger partial charge in [-0.1, -0.05) is 75.4 Å². The molecule has 0 saturated carbocycles. The molecule has 6 heterocycles. The number of rotatable bonds is 12. The first-order valence-corrected chi connectivity index (χ1v) is 24.5. The number of β-amino-alcohol motifs (C(OH)–C–C–N with tert-alkyl or cyclic N) is 1. The monoisotopic (exact) mass is 966 g/mol. The number of aliphatic hydroxyl groups is 1. The molecule has 0 unspecified atom stereocenters. The normalized spacial score (nSPS) is 17.7. The predicted octanol–water partition coefficient (Wildman–Crippen LogP) is 7.44. The number of carbonyl (C=O) groups is 4. The average Bonchev–Trinajstić information content (AvgIpc) is 4.14. The molecule has 69 heavy (non-hydrogen) atoms. The van der Waals surface area contributed by atoms with E-state index in [0.717, 1.165) is 70.3 Å². The first-order valence-electron chi connectivity index (χ1n) is 22.8. The molecule has 0 aliphatic carbocycles. The molecular formula is C51H54N10O6S2. The number of aromatic nitrogens is 6. The summed E-state index contributed by atoms with van der Waals surface area (Å²) in [4.78, 5) is 67.0. The summed E-state index contributed by atoms with van der Waals surface area (Å²) in [6, 6.07) is 18.8. The van der Waals surface area contributed by atoms with Crippen molar-refractivity contribution < 1.29 is 29.4 Å². The minimum absolute atomic E-state index is 0.0350. The molecule has 7 aromatic rings. The topological polar surface area (TPSA) is 210 Å². The number of amides is 3. The number of fused-ring (bicyclic) bond motifs is 4. The van der Waals surface area contributed by atoms with E-state index in [0.29, 0.717) is 17.4 Å². The van der Waals surface area contributed by atoms with Crippen molar-refractivity contribution in [2.24, 2.45) is 10.4 Å². The van der Waals surface area contributed by atoms with Crippen molar-refractivity contribution in [3.05, 3.63) is 123 Å². The number of hydrogen-bond acceptors (Lipinski definition) is 12. The standard InChI is InChI=1S/C51H54N10O6S2/c1-26-29(4)69-50-43(26)44(55-38(21-42(64)65)47-58-57-30(5)61(47)50)33-13-11-32(12-14-33)35-17-18-39-36(19-35)22-53-60(39)24-41(63)56-46(51(6,7)8)49(67)59-23-37(62)20-40(59)48(66)54-27(2)31-9-15-34(16-10-31)45-28(3)52-25-68-45/h9-19,22,25,27,37-38,40,46,62H,20-21,23-24H2,1-8H3,(H,54,66)(H,56,63)(H,64,65)/t27-,37+,38-,40-,46+/m0/s1. The Morgan fingerprint density at radius 1 is 0.899 bits per heavy atom. The first-order chi connectivity index (χ1) is 32.9. The van der Waals surface area contributed by atoms with Crippen molar-refractivity contribution in [2.75, 3.05) is 6.54 Å². The molecule has 1 fully saturated rings. The molecule has 1 saturated heterocycles. The summed E-state index contributed by atoms with van der Waals surface area (Å²) in [5.74, 6) is -1.06. The fraction of sp³-hybridized carbons (Fsp3) is 0.353. The van der Waals surface area contributed by atoms with Crippen LogP contribution in [0, 0.1) is 33.1 Å². The zero-order valence-corrected chi connectivity index (χ0v) is 41.3. The van der Waals surface area contributed by atoms with Gasteiger partial charge >= 0.3 is 5.97 Å². The van der Waals surface area contributed by atoms with Crippen LogP contribution in [0.1, 0.15) is 97.1 Å². The van der Waals surface area contributed by atoms with Crippen molar-refractivity contribution in [1.82, 2.24) is 45.1 Å². The minimum atomic E-state index is -1.00. The third-order valence-electron chi connectivity index (χ3n) is 13.1. The maximum absolute atomic E-state index is 14.4. The minimum Gasteiger partial charge on any atom is -0.481 e. The highest BCUT2D eigenvalue weighted by Crippen LogP contribution is 2.40. The fourth-order valence-corrected chi connectivity index (χ4v) is 11.3. The Kier molecular flexibility index (Phi) is 12.7. The van der Waals surface area contributed by atoms with E-state index >= 15 is 0 Å². The van der Waals surface area contributed by atoms with Crippen molar-refractivity contribution in [3.8, 4) is 26.6 Å². The van der Waals surface area contributed by atoms with Gasteiger partial charge in [0.25, 0.3) is 0 Å². The van der Waals surface area contributed by atoms with Crippen molar-refractivity contribution in [1.29, 1.82) is 0 Å². The number of hydrogen-bond donors (Lipinski definition) is 4. The third-order valence-corrected chi connectivity index (χ3v) is 15.3. The number of aliphatic hydroxyl groups excluding tert-OH is 1. The van der Waals surface area contributed by atoms with Gasteiger partial charge in [-0.25, -0.2) is 4.98 Å². The Labute approximate surface area is 407 Å². The molecule has 2 aliphatic rings. The molecule has 3 aromatic carbocycles. The van der Waals surface area contributed by atoms with Crippen molar-refractivity contribution in [2.45, 2.75) is 105 Å². The Bertz CT molecular complexity index is 3160. The number of carbonyl (C=O) groups excluding carboxylic acids is 3. The molecule has 4 aromatic heterocycles. The van der Waals surface area contributed by atoms with Gasteiger partial charge in [0.15, 0.2) is 5.82 Å². The lowest BCUT2D eigenvalue weighted by Gasteiger charge is -2.35. The molecule has 18 heteroatoms. The summed E-state index contributed by atoms with van der Waals surface area (Å²) in [5.41, 5.74) is 10.1. The molecule has 2 aliphatic heterocycles. The zero-order valence-electron chi connectivity index (χ0n) is 39.6. The highest BCUT2D eigenvalue weighted by molar-refractivity contribution is 7.15. The molecule has 4 N–H and O–H groups in total. The van der Waals surface area contributed by atoms with Gasteiger partial charge in [-0.05, 0) is 80.0 Å². The van der Waals surface area contributed by atoms with Crippen LogP contribution < -0.4 is 10.6 Å². The summed E-state index contributed by atoms with van der Waals surface area (Å²) in [6.07, 6.45) is 0.649. The number of aryl methyl sites for hydroxylation is 3. The largest absolute Gasteiger partial charge is 0.481 e. The van der Waals surface area contributed by atoms with Crippen molar-refractivity contribution >= 4 is 63.0 Å². The summed E-state index contributed by atoms with van der Waals surface area (Å²) < 4.78 is 3.53. The van der Waals surface area contributed by atoms with E-state index in [-0.39, 0.29) is 37.9 Å². The number of benzene rings is 3. The molecular weight excluding hydrogens is 913 g/mol. The highest BCUT2D eigenvalue weighted by Gasteiger charge is 2.45. The quantitative estimate of drug-likeness (QED) is 0.0951. The third kappa shape index (κ3) is 9.23. The Morgan fingerprint density at radius 3 is 2.28 bits per heavy atom. The van der Waals surface area contributed by atoms with Crippen LogP contribution in [0.15, 0.2) is 83.4 Å². The lowest BCUT2D eigenvalue weighted by atomic mass is 9.85. The smallest absolute Gasteiger partial charge is 0.306 e. The van der Waals surface area contributed by atoms with Gasteiger partial charge in [0, 0.05) is 34.4 Å². The predicted molar refractivity (Wildman–Crippen MR) is 266 cm³/mol. The summed E-state index contributed by atoms with van der Waals surface area (Å²) in [6.45, 7) is 15.2. The number of thiazole rings is 1. The van der Waals surface area contributed by atoms with E-state index in [9.17, 15) is 29.4 Å². The number of likely N-dealkylation sites (tertiary alicyclic amines) is 1. The lowest BCUT2D eigenvalue weighted by Crippen LogP contribution is -2.58. The molecule has 9 rings (SSSR count). The second-order valence-electron chi connectivity index (χ2n) is 19.0. The van der Waals surface area contributed by atoms with Gasteiger partial charge in [-0.3, -0.25) is 33.4 Å². The van der Waals surface area contributed by atoms with Crippen molar-refractivity contribution in [3.63, 3.8) is 0 Å². The second-order valence-corrected chi connectivity index (χ2v) is 21.1. The van der Waals surface area contributed by atoms with E-state index in [1.54, 1.807) is 33.6 Å².